The molecule has 0 bridgehead atoms. The van der Waals surface area contributed by atoms with Crippen LogP contribution in [0.5, 0.6) is 0 Å². The minimum atomic E-state index is -0.484. The van der Waals surface area contributed by atoms with E-state index >= 15 is 0 Å². The number of amides is 1. The summed E-state index contributed by atoms with van der Waals surface area (Å²) in [6, 6.07) is 3.53. The van der Waals surface area contributed by atoms with E-state index in [4.69, 9.17) is 9.57 Å². The van der Waals surface area contributed by atoms with E-state index in [1.807, 2.05) is 17.8 Å². The van der Waals surface area contributed by atoms with Crippen LogP contribution in [0.3, 0.4) is 0 Å². The lowest BCUT2D eigenvalue weighted by molar-refractivity contribution is -0.205. The number of hydroxylamine groups is 1. The molecule has 1 aromatic heterocycles. The lowest BCUT2D eigenvalue weighted by Gasteiger charge is -2.36. The number of thioether (sulfide) groups is 1. The molecule has 144 valence electrons. The second-order valence-electron chi connectivity index (χ2n) is 6.86. The van der Waals surface area contributed by atoms with Gasteiger partial charge >= 0.3 is 0 Å². The molecular weight excluding hydrogens is 467 g/mol. The average Bonchev–Trinajstić information content (AvgIpc) is 2.67. The molecule has 0 aliphatic carbocycles. The zero-order valence-corrected chi connectivity index (χ0v) is 17.7. The molecule has 2 fully saturated rings. The van der Waals surface area contributed by atoms with E-state index < -0.39 is 5.41 Å². The predicted octanol–water partition coefficient (Wildman–Crippen LogP) is 2.93. The van der Waals surface area contributed by atoms with E-state index in [1.54, 1.807) is 16.8 Å². The summed E-state index contributed by atoms with van der Waals surface area (Å²) in [5, 5.41) is 0. The highest BCUT2D eigenvalue weighted by Crippen LogP contribution is 2.39. The maximum atomic E-state index is 12.9. The van der Waals surface area contributed by atoms with Crippen molar-refractivity contribution in [3.8, 4) is 0 Å². The van der Waals surface area contributed by atoms with Crippen LogP contribution >= 0.6 is 34.4 Å². The molecule has 1 aromatic rings. The van der Waals surface area contributed by atoms with Gasteiger partial charge in [0.15, 0.2) is 6.29 Å². The van der Waals surface area contributed by atoms with Crippen molar-refractivity contribution in [3.05, 3.63) is 32.3 Å². The Morgan fingerprint density at radius 1 is 1.42 bits per heavy atom. The minimum absolute atomic E-state index is 0.0236. The Bertz CT molecular complexity index is 669. The van der Waals surface area contributed by atoms with Gasteiger partial charge in [-0.2, -0.15) is 11.8 Å². The van der Waals surface area contributed by atoms with Crippen LogP contribution < -0.4 is 11.0 Å². The van der Waals surface area contributed by atoms with Crippen molar-refractivity contribution >= 4 is 40.3 Å². The Labute approximate surface area is 171 Å². The summed E-state index contributed by atoms with van der Waals surface area (Å²) in [4.78, 5) is 30.6. The number of hydrogen-bond acceptors (Lipinski definition) is 5. The van der Waals surface area contributed by atoms with Gasteiger partial charge < -0.3 is 9.30 Å². The highest BCUT2D eigenvalue weighted by atomic mass is 127. The molecule has 0 spiro atoms. The van der Waals surface area contributed by atoms with Crippen molar-refractivity contribution in [1.29, 1.82) is 0 Å². The van der Waals surface area contributed by atoms with Crippen molar-refractivity contribution in [2.24, 2.45) is 5.41 Å². The molecule has 2 aliphatic rings. The number of nitrogens with zero attached hydrogens (tertiary/aromatic N) is 1. The summed E-state index contributed by atoms with van der Waals surface area (Å²) >= 11 is 4.00. The molecule has 1 N–H and O–H groups in total. The van der Waals surface area contributed by atoms with Crippen LogP contribution in [0, 0.1) is 8.99 Å². The average molecular weight is 492 g/mol. The zero-order chi connectivity index (χ0) is 18.4. The number of rotatable bonds is 6. The molecule has 8 heteroatoms. The largest absolute Gasteiger partial charge is 0.350 e. The second kappa shape index (κ2) is 9.57. The monoisotopic (exact) mass is 492 g/mol. The van der Waals surface area contributed by atoms with Crippen LogP contribution in [0.15, 0.2) is 23.1 Å². The van der Waals surface area contributed by atoms with Gasteiger partial charge in [-0.15, -0.1) is 0 Å². The van der Waals surface area contributed by atoms with E-state index in [-0.39, 0.29) is 17.8 Å². The van der Waals surface area contributed by atoms with Gasteiger partial charge in [0.1, 0.15) is 0 Å². The highest BCUT2D eigenvalue weighted by molar-refractivity contribution is 14.1. The van der Waals surface area contributed by atoms with Crippen LogP contribution in [0.1, 0.15) is 38.5 Å². The van der Waals surface area contributed by atoms with Gasteiger partial charge in [0.25, 0.3) is 5.56 Å². The molecule has 2 aliphatic heterocycles. The van der Waals surface area contributed by atoms with E-state index in [0.29, 0.717) is 19.6 Å². The van der Waals surface area contributed by atoms with Crippen LogP contribution in [0.25, 0.3) is 0 Å². The third-order valence-electron chi connectivity index (χ3n) is 5.14. The number of carbonyl (C=O) groups excluding carboxylic acids is 1. The first-order valence-corrected chi connectivity index (χ1v) is 11.3. The number of ether oxygens (including phenoxy) is 1. The maximum absolute atomic E-state index is 12.9. The van der Waals surface area contributed by atoms with Crippen molar-refractivity contribution < 1.29 is 14.4 Å². The number of pyridine rings is 1. The van der Waals surface area contributed by atoms with Gasteiger partial charge in [0.2, 0.25) is 5.91 Å². The van der Waals surface area contributed by atoms with E-state index in [0.717, 1.165) is 47.2 Å². The minimum Gasteiger partial charge on any atom is -0.350 e. The van der Waals surface area contributed by atoms with Gasteiger partial charge in [-0.05, 0) is 72.3 Å². The summed E-state index contributed by atoms with van der Waals surface area (Å²) in [7, 11) is 0. The van der Waals surface area contributed by atoms with E-state index in [2.05, 4.69) is 28.1 Å². The molecule has 0 aromatic carbocycles. The smallest absolute Gasteiger partial charge is 0.251 e. The number of carbonyl (C=O) groups is 1. The van der Waals surface area contributed by atoms with Crippen molar-refractivity contribution in [2.75, 3.05) is 18.1 Å². The topological polar surface area (TPSA) is 69.6 Å². The first-order valence-electron chi connectivity index (χ1n) is 9.11. The summed E-state index contributed by atoms with van der Waals surface area (Å²) in [5.74, 6) is 1.83. The summed E-state index contributed by atoms with van der Waals surface area (Å²) in [6.07, 6.45) is 6.60. The van der Waals surface area contributed by atoms with Crippen LogP contribution in [-0.2, 0) is 20.9 Å². The Kier molecular flexibility index (Phi) is 7.42. The number of hydrogen-bond donors (Lipinski definition) is 1. The first-order chi connectivity index (χ1) is 12.6. The second-order valence-corrected chi connectivity index (χ2v) is 9.33. The number of aromatic nitrogens is 1. The fraction of sp³-hybridized carbons (Fsp3) is 0.667. The molecule has 1 amide bonds. The third kappa shape index (κ3) is 5.24. The molecule has 0 radical (unpaired) electrons. The van der Waals surface area contributed by atoms with Gasteiger partial charge in [-0.3, -0.25) is 9.59 Å². The molecule has 1 unspecified atom stereocenters. The number of halogens is 1. The van der Waals surface area contributed by atoms with Crippen LogP contribution in [-0.4, -0.2) is 34.9 Å². The zero-order valence-electron chi connectivity index (χ0n) is 14.7. The summed E-state index contributed by atoms with van der Waals surface area (Å²) in [6.45, 7) is 1.21. The standard InChI is InChI=1S/C18H25IN2O4S/c19-14-4-8-21(15(22)13-14)9-5-18(6-11-26-12-7-18)17(23)20-25-16-3-1-2-10-24-16/h4,8,13,16H,1-3,5-7,9-12H2,(H,20,23). The first kappa shape index (κ1) is 20.2. The molecule has 1 atom stereocenters. The molecule has 26 heavy (non-hydrogen) atoms. The Morgan fingerprint density at radius 2 is 2.23 bits per heavy atom. The molecular formula is C18H25IN2O4S. The van der Waals surface area contributed by atoms with Gasteiger partial charge in [0.05, 0.1) is 5.41 Å². The van der Waals surface area contributed by atoms with Crippen molar-refractivity contribution in [1.82, 2.24) is 10.0 Å². The molecule has 6 nitrogen and oxygen atoms in total. The quantitative estimate of drug-likeness (QED) is 0.489. The van der Waals surface area contributed by atoms with Crippen LogP contribution in [0.2, 0.25) is 0 Å². The van der Waals surface area contributed by atoms with Gasteiger partial charge in [-0.1, -0.05) is 0 Å². The summed E-state index contributed by atoms with van der Waals surface area (Å²) in [5.41, 5.74) is 2.15. The fourth-order valence-corrected chi connectivity index (χ4v) is 5.09. The third-order valence-corrected chi connectivity index (χ3v) is 6.80. The molecule has 2 saturated heterocycles. The summed E-state index contributed by atoms with van der Waals surface area (Å²) < 4.78 is 8.12. The lowest BCUT2D eigenvalue weighted by atomic mass is 9.78. The predicted molar refractivity (Wildman–Crippen MR) is 110 cm³/mol. The van der Waals surface area contributed by atoms with E-state index in [9.17, 15) is 9.59 Å². The molecule has 3 heterocycles. The van der Waals surface area contributed by atoms with E-state index in [1.165, 1.54) is 0 Å². The Hall–Kier alpha value is -0.580. The molecule has 0 saturated carbocycles. The highest BCUT2D eigenvalue weighted by Gasteiger charge is 2.40. The van der Waals surface area contributed by atoms with Crippen molar-refractivity contribution in [3.63, 3.8) is 0 Å². The van der Waals surface area contributed by atoms with Gasteiger partial charge in [-0.25, -0.2) is 10.3 Å². The number of aryl methyl sites for hydroxylation is 1. The Balaban J connectivity index is 1.63. The van der Waals surface area contributed by atoms with Crippen molar-refractivity contribution in [2.45, 2.75) is 51.4 Å². The number of nitrogens with one attached hydrogen (secondary N) is 1. The fourth-order valence-electron chi connectivity index (χ4n) is 3.39. The SMILES string of the molecule is O=C(NOC1CCCCO1)C1(CCn2ccc(I)cc2=O)CCSCC1. The molecule has 3 rings (SSSR count). The Morgan fingerprint density at radius 3 is 2.92 bits per heavy atom. The lowest BCUT2D eigenvalue weighted by Crippen LogP contribution is -2.46. The maximum Gasteiger partial charge on any atom is 0.251 e. The van der Waals surface area contributed by atoms with Gasteiger partial charge in [0, 0.05) is 35.4 Å². The van der Waals surface area contributed by atoms with Crippen LogP contribution in [0.4, 0.5) is 0 Å². The normalized spacial score (nSPS) is 22.7.